The van der Waals surface area contributed by atoms with Crippen LogP contribution in [0.5, 0.6) is 0 Å². The minimum absolute atomic E-state index is 0.0501. The average Bonchev–Trinajstić information content (AvgIpc) is 2.64. The molecule has 0 saturated heterocycles. The van der Waals surface area contributed by atoms with Crippen molar-refractivity contribution in [2.24, 2.45) is 0 Å². The molecular formula is C19H22ClN2O3+. The van der Waals surface area contributed by atoms with Gasteiger partial charge in [0.1, 0.15) is 6.04 Å². The predicted molar refractivity (Wildman–Crippen MR) is 96.3 cm³/mol. The van der Waals surface area contributed by atoms with Crippen LogP contribution < -0.4 is 10.6 Å². The summed E-state index contributed by atoms with van der Waals surface area (Å²) in [5, 5.41) is 5.52. The van der Waals surface area contributed by atoms with Crippen LogP contribution in [0.3, 0.4) is 0 Å². The van der Waals surface area contributed by atoms with Crippen LogP contribution in [0.15, 0.2) is 48.5 Å². The zero-order valence-electron chi connectivity index (χ0n) is 14.3. The van der Waals surface area contributed by atoms with E-state index in [2.05, 4.69) is 10.1 Å². The third kappa shape index (κ3) is 5.89. The van der Waals surface area contributed by atoms with Crippen molar-refractivity contribution in [1.82, 2.24) is 5.32 Å². The van der Waals surface area contributed by atoms with E-state index >= 15 is 0 Å². The third-order valence-corrected chi connectivity index (χ3v) is 4.13. The summed E-state index contributed by atoms with van der Waals surface area (Å²) in [4.78, 5) is 23.4. The van der Waals surface area contributed by atoms with E-state index < -0.39 is 0 Å². The van der Waals surface area contributed by atoms with Gasteiger partial charge >= 0.3 is 5.97 Å². The number of esters is 1. The number of carbonyl (C=O) groups is 2. The smallest absolute Gasteiger partial charge is 0.337 e. The summed E-state index contributed by atoms with van der Waals surface area (Å²) >= 11 is 5.99. The highest BCUT2D eigenvalue weighted by atomic mass is 35.5. The molecule has 5 nitrogen and oxygen atoms in total. The number of ether oxygens (including phenoxy) is 1. The number of carbonyl (C=O) groups excluding carboxylic acids is 2. The van der Waals surface area contributed by atoms with Gasteiger partial charge in [-0.1, -0.05) is 35.9 Å². The van der Waals surface area contributed by atoms with Gasteiger partial charge in [-0.05, 0) is 36.8 Å². The predicted octanol–water partition coefficient (Wildman–Crippen LogP) is 2.07. The largest absolute Gasteiger partial charge is 0.465 e. The maximum Gasteiger partial charge on any atom is 0.337 e. The number of hydrogen-bond acceptors (Lipinski definition) is 3. The second-order valence-corrected chi connectivity index (χ2v) is 6.19. The number of nitrogens with two attached hydrogens (primary N) is 1. The van der Waals surface area contributed by atoms with Gasteiger partial charge in [-0.25, -0.2) is 4.79 Å². The first-order valence-corrected chi connectivity index (χ1v) is 8.40. The van der Waals surface area contributed by atoms with E-state index in [4.69, 9.17) is 11.6 Å². The van der Waals surface area contributed by atoms with Crippen molar-refractivity contribution in [3.05, 3.63) is 70.2 Å². The molecule has 132 valence electrons. The summed E-state index contributed by atoms with van der Waals surface area (Å²) < 4.78 is 4.65. The van der Waals surface area contributed by atoms with E-state index in [1.807, 2.05) is 36.5 Å². The second kappa shape index (κ2) is 9.20. The molecule has 6 heteroatoms. The van der Waals surface area contributed by atoms with E-state index in [-0.39, 0.29) is 17.9 Å². The summed E-state index contributed by atoms with van der Waals surface area (Å²) in [5.41, 5.74) is 2.49. The summed E-state index contributed by atoms with van der Waals surface area (Å²) in [6.45, 7) is 2.78. The Kier molecular flexibility index (Phi) is 6.98. The number of hydrogen-bond donors (Lipinski definition) is 2. The van der Waals surface area contributed by atoms with Crippen molar-refractivity contribution in [3.63, 3.8) is 0 Å². The van der Waals surface area contributed by atoms with E-state index in [0.29, 0.717) is 23.7 Å². The van der Waals surface area contributed by atoms with Crippen molar-refractivity contribution in [2.45, 2.75) is 19.5 Å². The fraction of sp³-hybridized carbons (Fsp3) is 0.263. The zero-order chi connectivity index (χ0) is 18.2. The monoisotopic (exact) mass is 361 g/mol. The van der Waals surface area contributed by atoms with Crippen LogP contribution in [-0.4, -0.2) is 25.5 Å². The van der Waals surface area contributed by atoms with E-state index in [1.165, 1.54) is 7.11 Å². The summed E-state index contributed by atoms with van der Waals surface area (Å²) in [7, 11) is 1.34. The van der Waals surface area contributed by atoms with Crippen LogP contribution in [-0.2, 0) is 16.1 Å². The molecule has 0 aliphatic carbocycles. The molecule has 2 rings (SSSR count). The molecule has 0 aliphatic rings. The van der Waals surface area contributed by atoms with Gasteiger partial charge in [0, 0.05) is 17.1 Å². The first kappa shape index (κ1) is 19.0. The number of benzene rings is 2. The van der Waals surface area contributed by atoms with Gasteiger partial charge in [0.05, 0.1) is 12.7 Å². The Labute approximate surface area is 152 Å². The molecule has 0 bridgehead atoms. The molecule has 0 fully saturated rings. The fourth-order valence-corrected chi connectivity index (χ4v) is 2.56. The van der Waals surface area contributed by atoms with Crippen LogP contribution >= 0.6 is 11.6 Å². The third-order valence-electron chi connectivity index (χ3n) is 3.90. The number of amides is 1. The first-order valence-electron chi connectivity index (χ1n) is 8.02. The van der Waals surface area contributed by atoms with Crippen molar-refractivity contribution in [1.29, 1.82) is 0 Å². The lowest BCUT2D eigenvalue weighted by atomic mass is 10.1. The summed E-state index contributed by atoms with van der Waals surface area (Å²) in [5.74, 6) is -0.425. The van der Waals surface area contributed by atoms with E-state index in [0.717, 1.165) is 11.1 Å². The number of halogens is 1. The lowest BCUT2D eigenvalue weighted by Crippen LogP contribution is -2.87. The van der Waals surface area contributed by atoms with E-state index in [9.17, 15) is 9.59 Å². The molecule has 3 N–H and O–H groups in total. The Morgan fingerprint density at radius 2 is 1.92 bits per heavy atom. The Balaban J connectivity index is 1.78. The number of quaternary nitrogens is 1. The van der Waals surface area contributed by atoms with Crippen LogP contribution in [0.1, 0.15) is 34.5 Å². The highest BCUT2D eigenvalue weighted by molar-refractivity contribution is 6.30. The quantitative estimate of drug-likeness (QED) is 0.741. The first-order chi connectivity index (χ1) is 12.0. The molecule has 0 aliphatic heterocycles. The molecule has 2 aromatic rings. The molecular weight excluding hydrogens is 340 g/mol. The molecule has 1 amide bonds. The van der Waals surface area contributed by atoms with E-state index in [1.54, 1.807) is 24.3 Å². The molecule has 2 aromatic carbocycles. The molecule has 0 spiro atoms. The lowest BCUT2D eigenvalue weighted by molar-refractivity contribution is -0.682. The minimum Gasteiger partial charge on any atom is -0.465 e. The van der Waals surface area contributed by atoms with Crippen molar-refractivity contribution < 1.29 is 19.6 Å². The molecule has 0 saturated carbocycles. The van der Waals surface area contributed by atoms with Crippen molar-refractivity contribution in [3.8, 4) is 0 Å². The summed E-state index contributed by atoms with van der Waals surface area (Å²) in [6, 6.07) is 14.7. The van der Waals surface area contributed by atoms with Crippen molar-refractivity contribution >= 4 is 23.5 Å². The van der Waals surface area contributed by atoms with Crippen LogP contribution in [0.2, 0.25) is 5.02 Å². The molecule has 25 heavy (non-hydrogen) atoms. The minimum atomic E-state index is -0.375. The SMILES string of the molecule is COC(=O)c1ccc(CNC(=O)C[NH2+][C@@H](C)c2cccc(Cl)c2)cc1. The van der Waals surface area contributed by atoms with Gasteiger partial charge < -0.3 is 15.4 Å². The standard InChI is InChI=1S/C19H21ClN2O3/c1-13(16-4-3-5-17(20)10-16)21-12-18(23)22-11-14-6-8-15(9-7-14)19(24)25-2/h3-10,13,21H,11-12H2,1-2H3,(H,22,23)/p+1/t13-/m0/s1. The van der Waals surface area contributed by atoms with Gasteiger partial charge in [-0.3, -0.25) is 4.79 Å². The maximum absolute atomic E-state index is 12.0. The van der Waals surface area contributed by atoms with Crippen LogP contribution in [0, 0.1) is 0 Å². The molecule has 0 unspecified atom stereocenters. The van der Waals surface area contributed by atoms with Gasteiger partial charge in [-0.2, -0.15) is 0 Å². The molecule has 1 atom stereocenters. The van der Waals surface area contributed by atoms with Crippen molar-refractivity contribution in [2.75, 3.05) is 13.7 Å². The van der Waals surface area contributed by atoms with Gasteiger partial charge in [0.25, 0.3) is 5.91 Å². The topological polar surface area (TPSA) is 72.0 Å². The number of nitrogens with one attached hydrogen (secondary N) is 1. The second-order valence-electron chi connectivity index (χ2n) is 5.75. The molecule has 0 aromatic heterocycles. The Morgan fingerprint density at radius 3 is 2.56 bits per heavy atom. The van der Waals surface area contributed by atoms with Crippen LogP contribution in [0.4, 0.5) is 0 Å². The number of rotatable bonds is 7. The van der Waals surface area contributed by atoms with Gasteiger partial charge in [0.15, 0.2) is 6.54 Å². The molecule has 0 heterocycles. The van der Waals surface area contributed by atoms with Gasteiger partial charge in [0.2, 0.25) is 0 Å². The zero-order valence-corrected chi connectivity index (χ0v) is 15.0. The Morgan fingerprint density at radius 1 is 1.20 bits per heavy atom. The van der Waals surface area contributed by atoms with Gasteiger partial charge in [-0.15, -0.1) is 0 Å². The Hall–Kier alpha value is -2.37. The fourth-order valence-electron chi connectivity index (χ4n) is 2.36. The lowest BCUT2D eigenvalue weighted by Gasteiger charge is -2.11. The summed E-state index contributed by atoms with van der Waals surface area (Å²) in [6.07, 6.45) is 0. The molecule has 0 radical (unpaired) electrons. The number of methoxy groups -OCH3 is 1. The van der Waals surface area contributed by atoms with Crippen LogP contribution in [0.25, 0.3) is 0 Å². The normalized spacial score (nSPS) is 11.6. The average molecular weight is 362 g/mol. The maximum atomic E-state index is 12.0. The Bertz CT molecular complexity index is 732. The highest BCUT2D eigenvalue weighted by Gasteiger charge is 2.12. The highest BCUT2D eigenvalue weighted by Crippen LogP contribution is 2.14.